The third-order valence-electron chi connectivity index (χ3n) is 2.43. The number of carbonyl (C=O) groups excluding carboxylic acids is 1. The van der Waals surface area contributed by atoms with Gasteiger partial charge in [0.05, 0.1) is 0 Å². The lowest BCUT2D eigenvalue weighted by Crippen LogP contribution is -2.17. The fraction of sp³-hybridized carbons (Fsp3) is 0.0833. The largest absolute Gasteiger partial charge is 0.398 e. The van der Waals surface area contributed by atoms with Crippen molar-refractivity contribution in [1.29, 1.82) is 0 Å². The zero-order valence-electron chi connectivity index (χ0n) is 9.63. The fourth-order valence-corrected chi connectivity index (χ4v) is 1.52. The van der Waals surface area contributed by atoms with E-state index in [-0.39, 0.29) is 5.69 Å². The number of nitrogens with one attached hydrogen (secondary N) is 1. The highest BCUT2D eigenvalue weighted by molar-refractivity contribution is 5.95. The van der Waals surface area contributed by atoms with Crippen molar-refractivity contribution >= 4 is 17.4 Å². The highest BCUT2D eigenvalue weighted by atomic mass is 16.1. The van der Waals surface area contributed by atoms with E-state index in [1.165, 1.54) is 12.4 Å². The van der Waals surface area contributed by atoms with Crippen molar-refractivity contribution in [3.63, 3.8) is 0 Å². The van der Waals surface area contributed by atoms with E-state index in [4.69, 9.17) is 11.5 Å². The molecule has 6 nitrogen and oxygen atoms in total. The summed E-state index contributed by atoms with van der Waals surface area (Å²) in [5, 5.41) is 3.00. The standard InChI is InChI=1S/C12H13N5O/c13-9-4-2-1-3-8(9)7-17-12-10(11(14)18)15-5-6-16-12/h1-6H,7,13H2,(H2,14,18)(H,16,17). The molecule has 18 heavy (non-hydrogen) atoms. The summed E-state index contributed by atoms with van der Waals surface area (Å²) in [6.07, 6.45) is 2.91. The third kappa shape index (κ3) is 2.54. The van der Waals surface area contributed by atoms with Crippen LogP contribution in [-0.4, -0.2) is 15.9 Å². The van der Waals surface area contributed by atoms with Crippen LogP contribution >= 0.6 is 0 Å². The summed E-state index contributed by atoms with van der Waals surface area (Å²) in [4.78, 5) is 19.1. The molecule has 1 amide bonds. The zero-order chi connectivity index (χ0) is 13.0. The Hall–Kier alpha value is -2.63. The van der Waals surface area contributed by atoms with E-state index in [1.807, 2.05) is 24.3 Å². The third-order valence-corrected chi connectivity index (χ3v) is 2.43. The summed E-state index contributed by atoms with van der Waals surface area (Å²) in [6, 6.07) is 7.44. The van der Waals surface area contributed by atoms with Gasteiger partial charge in [-0.1, -0.05) is 18.2 Å². The average Bonchev–Trinajstić information content (AvgIpc) is 2.38. The Labute approximate surface area is 104 Å². The van der Waals surface area contributed by atoms with Crippen molar-refractivity contribution in [2.75, 3.05) is 11.1 Å². The Bertz CT molecular complexity index is 570. The first-order chi connectivity index (χ1) is 8.68. The second-order valence-electron chi connectivity index (χ2n) is 3.67. The highest BCUT2D eigenvalue weighted by Gasteiger charge is 2.10. The SMILES string of the molecule is NC(=O)c1nccnc1NCc1ccccc1N. The highest BCUT2D eigenvalue weighted by Crippen LogP contribution is 2.14. The summed E-state index contributed by atoms with van der Waals surface area (Å²) in [5.41, 5.74) is 12.7. The van der Waals surface area contributed by atoms with E-state index in [0.717, 1.165) is 5.56 Å². The minimum atomic E-state index is -0.619. The van der Waals surface area contributed by atoms with Crippen LogP contribution in [-0.2, 0) is 6.54 Å². The first-order valence-electron chi connectivity index (χ1n) is 5.36. The van der Waals surface area contributed by atoms with Gasteiger partial charge in [0.2, 0.25) is 0 Å². The monoisotopic (exact) mass is 243 g/mol. The number of benzene rings is 1. The first-order valence-corrected chi connectivity index (χ1v) is 5.36. The van der Waals surface area contributed by atoms with Crippen LogP contribution in [0.15, 0.2) is 36.7 Å². The van der Waals surface area contributed by atoms with E-state index in [2.05, 4.69) is 15.3 Å². The number of aromatic nitrogens is 2. The van der Waals surface area contributed by atoms with Gasteiger partial charge in [-0.15, -0.1) is 0 Å². The number of carbonyl (C=O) groups is 1. The first kappa shape index (κ1) is 11.8. The molecule has 0 aliphatic heterocycles. The quantitative estimate of drug-likeness (QED) is 0.687. The van der Waals surface area contributed by atoms with Crippen molar-refractivity contribution in [2.24, 2.45) is 5.73 Å². The number of hydrogen-bond acceptors (Lipinski definition) is 5. The van der Waals surface area contributed by atoms with Gasteiger partial charge in [-0.25, -0.2) is 9.97 Å². The summed E-state index contributed by atoms with van der Waals surface area (Å²) < 4.78 is 0. The summed E-state index contributed by atoms with van der Waals surface area (Å²) in [6.45, 7) is 0.450. The van der Waals surface area contributed by atoms with E-state index >= 15 is 0 Å². The lowest BCUT2D eigenvalue weighted by molar-refractivity contribution is 0.0996. The molecule has 1 aromatic carbocycles. The van der Waals surface area contributed by atoms with Gasteiger partial charge < -0.3 is 16.8 Å². The number of nitrogens with zero attached hydrogens (tertiary/aromatic N) is 2. The van der Waals surface area contributed by atoms with Gasteiger partial charge in [0.15, 0.2) is 11.5 Å². The van der Waals surface area contributed by atoms with Crippen LogP contribution < -0.4 is 16.8 Å². The van der Waals surface area contributed by atoms with E-state index < -0.39 is 5.91 Å². The lowest BCUT2D eigenvalue weighted by Gasteiger charge is -2.09. The molecule has 0 saturated heterocycles. The molecule has 5 N–H and O–H groups in total. The average molecular weight is 243 g/mol. The van der Waals surface area contributed by atoms with Crippen LogP contribution in [0.1, 0.15) is 16.1 Å². The van der Waals surface area contributed by atoms with Gasteiger partial charge in [0.25, 0.3) is 5.91 Å². The van der Waals surface area contributed by atoms with E-state index in [1.54, 1.807) is 0 Å². The van der Waals surface area contributed by atoms with Gasteiger partial charge >= 0.3 is 0 Å². The molecule has 6 heteroatoms. The van der Waals surface area contributed by atoms with Crippen molar-refractivity contribution in [1.82, 2.24) is 9.97 Å². The van der Waals surface area contributed by atoms with Crippen LogP contribution in [0, 0.1) is 0 Å². The van der Waals surface area contributed by atoms with Gasteiger partial charge in [-0.2, -0.15) is 0 Å². The number of rotatable bonds is 4. The second-order valence-corrected chi connectivity index (χ2v) is 3.67. The van der Waals surface area contributed by atoms with E-state index in [9.17, 15) is 4.79 Å². The molecule has 1 aromatic heterocycles. The van der Waals surface area contributed by atoms with Gasteiger partial charge in [-0.05, 0) is 11.6 Å². The minimum Gasteiger partial charge on any atom is -0.398 e. The topological polar surface area (TPSA) is 107 Å². The number of primary amides is 1. The van der Waals surface area contributed by atoms with Gasteiger partial charge in [-0.3, -0.25) is 4.79 Å². The number of nitrogen functional groups attached to an aromatic ring is 1. The molecule has 2 rings (SSSR count). The van der Waals surface area contributed by atoms with Crippen LogP contribution in [0.25, 0.3) is 0 Å². The molecular formula is C12H13N5O. The fourth-order valence-electron chi connectivity index (χ4n) is 1.52. The molecule has 0 fully saturated rings. The van der Waals surface area contributed by atoms with Crippen LogP contribution in [0.3, 0.4) is 0 Å². The minimum absolute atomic E-state index is 0.118. The van der Waals surface area contributed by atoms with Crippen LogP contribution in [0.2, 0.25) is 0 Å². The maximum atomic E-state index is 11.2. The molecule has 0 saturated carbocycles. The molecule has 2 aromatic rings. The van der Waals surface area contributed by atoms with Crippen LogP contribution in [0.4, 0.5) is 11.5 Å². The summed E-state index contributed by atoms with van der Waals surface area (Å²) in [7, 11) is 0. The number of nitrogens with two attached hydrogens (primary N) is 2. The normalized spacial score (nSPS) is 10.0. The predicted octanol–water partition coefficient (Wildman–Crippen LogP) is 0.770. The van der Waals surface area contributed by atoms with Crippen molar-refractivity contribution in [3.05, 3.63) is 47.9 Å². The Balaban J connectivity index is 2.16. The van der Waals surface area contributed by atoms with E-state index in [0.29, 0.717) is 18.1 Å². The van der Waals surface area contributed by atoms with Crippen LogP contribution in [0.5, 0.6) is 0 Å². The number of anilines is 2. The zero-order valence-corrected chi connectivity index (χ0v) is 9.63. The maximum absolute atomic E-state index is 11.2. The van der Waals surface area contributed by atoms with Gasteiger partial charge in [0.1, 0.15) is 0 Å². The molecule has 92 valence electrons. The molecule has 0 atom stereocenters. The molecule has 0 aliphatic rings. The molecule has 0 unspecified atom stereocenters. The Kier molecular flexibility index (Phi) is 3.38. The number of para-hydroxylation sites is 1. The van der Waals surface area contributed by atoms with Crippen molar-refractivity contribution in [3.8, 4) is 0 Å². The summed E-state index contributed by atoms with van der Waals surface area (Å²) in [5.74, 6) is -0.264. The van der Waals surface area contributed by atoms with Crippen molar-refractivity contribution < 1.29 is 4.79 Å². The molecular weight excluding hydrogens is 230 g/mol. The smallest absolute Gasteiger partial charge is 0.271 e. The number of amides is 1. The van der Waals surface area contributed by atoms with Gasteiger partial charge in [0, 0.05) is 24.6 Å². The Morgan fingerprint density at radius 3 is 2.67 bits per heavy atom. The molecule has 0 spiro atoms. The van der Waals surface area contributed by atoms with Crippen molar-refractivity contribution in [2.45, 2.75) is 6.54 Å². The second kappa shape index (κ2) is 5.13. The maximum Gasteiger partial charge on any atom is 0.271 e. The summed E-state index contributed by atoms with van der Waals surface area (Å²) >= 11 is 0. The predicted molar refractivity (Wildman–Crippen MR) is 68.7 cm³/mol. The molecule has 1 heterocycles. The molecule has 0 radical (unpaired) electrons. The Morgan fingerprint density at radius 1 is 1.22 bits per heavy atom. The Morgan fingerprint density at radius 2 is 1.94 bits per heavy atom. The number of hydrogen-bond donors (Lipinski definition) is 3. The molecule has 0 bridgehead atoms. The lowest BCUT2D eigenvalue weighted by atomic mass is 10.2. The molecule has 0 aliphatic carbocycles.